The van der Waals surface area contributed by atoms with Gasteiger partial charge in [-0.3, -0.25) is 14.9 Å². The highest BCUT2D eigenvalue weighted by atomic mass is 32.2. The first-order valence-electron chi connectivity index (χ1n) is 7.69. The predicted molar refractivity (Wildman–Crippen MR) is 93.8 cm³/mol. The summed E-state index contributed by atoms with van der Waals surface area (Å²) in [6, 6.07) is -0.853. The van der Waals surface area contributed by atoms with Crippen LogP contribution in [0.25, 0.3) is 0 Å². The summed E-state index contributed by atoms with van der Waals surface area (Å²) >= 11 is 2.45. The van der Waals surface area contributed by atoms with Gasteiger partial charge in [0.15, 0.2) is 5.13 Å². The summed E-state index contributed by atoms with van der Waals surface area (Å²) in [5.41, 5.74) is 0.844. The molecule has 0 aliphatic carbocycles. The fourth-order valence-corrected chi connectivity index (χ4v) is 3.59. The number of nitrogens with zero attached hydrogens (tertiary/aromatic N) is 3. The minimum Gasteiger partial charge on any atom is -0.416 e. The highest BCUT2D eigenvalue weighted by molar-refractivity contribution is 7.99. The SMILES string of the molecule is Cc1csc(NC(=O)CSc2nnc(CC3C(=O)NC(=O)NC3C)o2)n1. The van der Waals surface area contributed by atoms with E-state index in [2.05, 4.69) is 31.1 Å². The second kappa shape index (κ2) is 7.83. The van der Waals surface area contributed by atoms with Crippen LogP contribution in [0.15, 0.2) is 15.0 Å². The smallest absolute Gasteiger partial charge is 0.321 e. The van der Waals surface area contributed by atoms with Crippen LogP contribution in [-0.2, 0) is 16.0 Å². The Kier molecular flexibility index (Phi) is 5.52. The Balaban J connectivity index is 1.50. The number of rotatable bonds is 6. The van der Waals surface area contributed by atoms with E-state index < -0.39 is 11.9 Å². The fraction of sp³-hybridized carbons (Fsp3) is 0.429. The molecule has 4 amide bonds. The van der Waals surface area contributed by atoms with Crippen molar-refractivity contribution in [3.05, 3.63) is 17.0 Å². The van der Waals surface area contributed by atoms with Gasteiger partial charge in [0.05, 0.1) is 17.4 Å². The number of carbonyl (C=O) groups is 3. The van der Waals surface area contributed by atoms with Crippen LogP contribution in [0.2, 0.25) is 0 Å². The molecule has 138 valence electrons. The normalized spacial score (nSPS) is 19.8. The summed E-state index contributed by atoms with van der Waals surface area (Å²) in [5.74, 6) is -0.746. The van der Waals surface area contributed by atoms with Gasteiger partial charge < -0.3 is 15.1 Å². The molecule has 26 heavy (non-hydrogen) atoms. The van der Waals surface area contributed by atoms with E-state index in [0.29, 0.717) is 5.13 Å². The predicted octanol–water partition coefficient (Wildman–Crippen LogP) is 0.952. The van der Waals surface area contributed by atoms with Crippen molar-refractivity contribution in [1.82, 2.24) is 25.8 Å². The lowest BCUT2D eigenvalue weighted by Crippen LogP contribution is -2.57. The molecule has 3 heterocycles. The molecule has 1 aliphatic rings. The van der Waals surface area contributed by atoms with Crippen molar-refractivity contribution >= 4 is 46.1 Å². The number of nitrogens with one attached hydrogen (secondary N) is 3. The summed E-state index contributed by atoms with van der Waals surface area (Å²) in [7, 11) is 0. The van der Waals surface area contributed by atoms with Gasteiger partial charge >= 0.3 is 6.03 Å². The van der Waals surface area contributed by atoms with E-state index in [9.17, 15) is 14.4 Å². The summed E-state index contributed by atoms with van der Waals surface area (Å²) in [5, 5.41) is 17.9. The van der Waals surface area contributed by atoms with Crippen molar-refractivity contribution in [2.45, 2.75) is 31.5 Å². The number of anilines is 1. The Morgan fingerprint density at radius 3 is 2.92 bits per heavy atom. The largest absolute Gasteiger partial charge is 0.416 e. The third-order valence-electron chi connectivity index (χ3n) is 3.57. The third kappa shape index (κ3) is 4.58. The lowest BCUT2D eigenvalue weighted by molar-refractivity contribution is -0.125. The zero-order chi connectivity index (χ0) is 18.7. The Morgan fingerprint density at radius 1 is 1.42 bits per heavy atom. The van der Waals surface area contributed by atoms with Crippen molar-refractivity contribution in [3.8, 4) is 0 Å². The standard InChI is InChI=1S/C14H16N6O4S2/c1-6-4-25-13(15-6)17-9(21)5-26-14-20-19-10(24-14)3-8-7(2)16-12(23)18-11(8)22/h4,7-8H,3,5H2,1-2H3,(H,15,17,21)(H2,16,18,22,23). The van der Waals surface area contributed by atoms with Crippen molar-refractivity contribution in [3.63, 3.8) is 0 Å². The first kappa shape index (κ1) is 18.3. The molecule has 3 rings (SSSR count). The molecule has 2 aromatic rings. The average Bonchev–Trinajstić information content (AvgIpc) is 3.18. The maximum absolute atomic E-state index is 11.9. The molecule has 0 saturated carbocycles. The van der Waals surface area contributed by atoms with E-state index >= 15 is 0 Å². The molecule has 12 heteroatoms. The van der Waals surface area contributed by atoms with Gasteiger partial charge in [-0.05, 0) is 13.8 Å². The molecule has 0 spiro atoms. The highest BCUT2D eigenvalue weighted by Gasteiger charge is 2.34. The quantitative estimate of drug-likeness (QED) is 0.613. The first-order valence-corrected chi connectivity index (χ1v) is 9.55. The van der Waals surface area contributed by atoms with E-state index in [-0.39, 0.29) is 41.1 Å². The first-order chi connectivity index (χ1) is 12.4. The van der Waals surface area contributed by atoms with Crippen molar-refractivity contribution in [2.24, 2.45) is 5.92 Å². The van der Waals surface area contributed by atoms with Crippen molar-refractivity contribution in [1.29, 1.82) is 0 Å². The number of urea groups is 1. The molecular weight excluding hydrogens is 380 g/mol. The van der Waals surface area contributed by atoms with Crippen LogP contribution in [0.3, 0.4) is 0 Å². The molecule has 0 bridgehead atoms. The van der Waals surface area contributed by atoms with Gasteiger partial charge in [-0.15, -0.1) is 21.5 Å². The van der Waals surface area contributed by atoms with E-state index in [1.165, 1.54) is 11.3 Å². The maximum atomic E-state index is 11.9. The lowest BCUT2D eigenvalue weighted by atomic mass is 9.95. The molecule has 2 aromatic heterocycles. The van der Waals surface area contributed by atoms with E-state index in [1.807, 2.05) is 12.3 Å². The summed E-state index contributed by atoms with van der Waals surface area (Å²) in [6.45, 7) is 3.58. The molecule has 0 radical (unpaired) electrons. The number of carbonyl (C=O) groups excluding carboxylic acids is 3. The number of hydrogen-bond donors (Lipinski definition) is 3. The number of aryl methyl sites for hydroxylation is 1. The number of amides is 4. The van der Waals surface area contributed by atoms with Crippen LogP contribution in [-0.4, -0.2) is 44.8 Å². The topological polar surface area (TPSA) is 139 Å². The molecule has 1 aliphatic heterocycles. The number of aromatic nitrogens is 3. The molecule has 3 N–H and O–H groups in total. The maximum Gasteiger partial charge on any atom is 0.321 e. The Labute approximate surface area is 156 Å². The van der Waals surface area contributed by atoms with Crippen LogP contribution < -0.4 is 16.0 Å². The number of thioether (sulfide) groups is 1. The van der Waals surface area contributed by atoms with Crippen LogP contribution in [0, 0.1) is 12.8 Å². The van der Waals surface area contributed by atoms with Gasteiger partial charge in [0, 0.05) is 17.8 Å². The van der Waals surface area contributed by atoms with Crippen LogP contribution in [0.5, 0.6) is 0 Å². The van der Waals surface area contributed by atoms with Crippen molar-refractivity contribution < 1.29 is 18.8 Å². The molecule has 1 fully saturated rings. The van der Waals surface area contributed by atoms with Crippen LogP contribution in [0.4, 0.5) is 9.93 Å². The summed E-state index contributed by atoms with van der Waals surface area (Å²) in [6.07, 6.45) is 0.200. The van der Waals surface area contributed by atoms with Gasteiger partial charge in [-0.25, -0.2) is 9.78 Å². The molecule has 0 aromatic carbocycles. The Bertz CT molecular complexity index is 835. The second-order valence-electron chi connectivity index (χ2n) is 5.65. The highest BCUT2D eigenvalue weighted by Crippen LogP contribution is 2.21. The van der Waals surface area contributed by atoms with Crippen molar-refractivity contribution in [2.75, 3.05) is 11.1 Å². The van der Waals surface area contributed by atoms with E-state index in [0.717, 1.165) is 17.5 Å². The monoisotopic (exact) mass is 396 g/mol. The third-order valence-corrected chi connectivity index (χ3v) is 5.26. The minimum absolute atomic E-state index is 0.0939. The van der Waals surface area contributed by atoms with Gasteiger partial charge in [0.1, 0.15) is 0 Å². The summed E-state index contributed by atoms with van der Waals surface area (Å²) < 4.78 is 5.47. The number of thiazole rings is 1. The zero-order valence-electron chi connectivity index (χ0n) is 13.9. The van der Waals surface area contributed by atoms with Crippen LogP contribution in [0.1, 0.15) is 18.5 Å². The van der Waals surface area contributed by atoms with Gasteiger partial charge in [-0.1, -0.05) is 11.8 Å². The number of imide groups is 1. The van der Waals surface area contributed by atoms with Gasteiger partial charge in [0.25, 0.3) is 5.22 Å². The molecule has 1 saturated heterocycles. The Hall–Kier alpha value is -2.47. The van der Waals surface area contributed by atoms with Gasteiger partial charge in [-0.2, -0.15) is 0 Å². The van der Waals surface area contributed by atoms with Crippen LogP contribution >= 0.6 is 23.1 Å². The zero-order valence-corrected chi connectivity index (χ0v) is 15.6. The minimum atomic E-state index is -0.512. The second-order valence-corrected chi connectivity index (χ2v) is 7.44. The Morgan fingerprint density at radius 2 is 2.23 bits per heavy atom. The lowest BCUT2D eigenvalue weighted by Gasteiger charge is -2.27. The summed E-state index contributed by atoms with van der Waals surface area (Å²) in [4.78, 5) is 39.2. The molecular formula is C14H16N6O4S2. The molecule has 10 nitrogen and oxygen atoms in total. The molecule has 2 atom stereocenters. The number of hydrogen-bond acceptors (Lipinski definition) is 9. The average molecular weight is 396 g/mol. The fourth-order valence-electron chi connectivity index (χ4n) is 2.31. The van der Waals surface area contributed by atoms with E-state index in [1.54, 1.807) is 6.92 Å². The molecule has 2 unspecified atom stereocenters. The van der Waals surface area contributed by atoms with E-state index in [4.69, 9.17) is 4.42 Å². The van der Waals surface area contributed by atoms with Gasteiger partial charge in [0.2, 0.25) is 17.7 Å².